The van der Waals surface area contributed by atoms with Crippen molar-refractivity contribution in [3.63, 3.8) is 0 Å². The van der Waals surface area contributed by atoms with Gasteiger partial charge in [0.15, 0.2) is 17.4 Å². The summed E-state index contributed by atoms with van der Waals surface area (Å²) in [5, 5.41) is 3.26. The predicted octanol–water partition coefficient (Wildman–Crippen LogP) is 2.48. The number of ether oxygens (including phenoxy) is 1. The van der Waals surface area contributed by atoms with Gasteiger partial charge in [-0.3, -0.25) is 0 Å². The van der Waals surface area contributed by atoms with Crippen molar-refractivity contribution < 1.29 is 13.5 Å². The molecule has 0 aromatic heterocycles. The van der Waals surface area contributed by atoms with E-state index >= 15 is 0 Å². The number of hydrogen-bond acceptors (Lipinski definition) is 2. The molecule has 0 bridgehead atoms. The summed E-state index contributed by atoms with van der Waals surface area (Å²) in [5.41, 5.74) is 0. The fraction of sp³-hybridized carbons (Fsp3) is 0.500. The van der Waals surface area contributed by atoms with Crippen molar-refractivity contribution in [3.05, 3.63) is 29.8 Å². The van der Waals surface area contributed by atoms with Crippen LogP contribution in [-0.2, 0) is 0 Å². The van der Waals surface area contributed by atoms with E-state index in [0.717, 1.165) is 19.4 Å². The number of rotatable bonds is 4. The van der Waals surface area contributed by atoms with E-state index in [1.54, 1.807) is 0 Å². The van der Waals surface area contributed by atoms with Crippen LogP contribution < -0.4 is 10.1 Å². The molecule has 2 rings (SSSR count). The summed E-state index contributed by atoms with van der Waals surface area (Å²) in [6.45, 7) is 2.94. The SMILES string of the molecule is CCNC1CC(Oc2c(F)cccc2F)C1. The number of nitrogens with one attached hydrogen (secondary N) is 1. The third-order valence-electron chi connectivity index (χ3n) is 2.79. The van der Waals surface area contributed by atoms with Crippen LogP contribution in [0, 0.1) is 11.6 Å². The third-order valence-corrected chi connectivity index (χ3v) is 2.79. The van der Waals surface area contributed by atoms with Crippen molar-refractivity contribution in [1.82, 2.24) is 5.32 Å². The van der Waals surface area contributed by atoms with Crippen molar-refractivity contribution in [2.45, 2.75) is 31.9 Å². The summed E-state index contributed by atoms with van der Waals surface area (Å²) in [7, 11) is 0. The van der Waals surface area contributed by atoms with Crippen LogP contribution in [0.2, 0.25) is 0 Å². The van der Waals surface area contributed by atoms with Crippen LogP contribution in [0.1, 0.15) is 19.8 Å². The first-order valence-electron chi connectivity index (χ1n) is 5.54. The van der Waals surface area contributed by atoms with Gasteiger partial charge in [-0.2, -0.15) is 0 Å². The molecule has 0 unspecified atom stereocenters. The third kappa shape index (κ3) is 2.32. The number of benzene rings is 1. The summed E-state index contributed by atoms with van der Waals surface area (Å²) in [5.74, 6) is -1.51. The maximum Gasteiger partial charge on any atom is 0.191 e. The van der Waals surface area contributed by atoms with Gasteiger partial charge in [0, 0.05) is 6.04 Å². The van der Waals surface area contributed by atoms with E-state index in [-0.39, 0.29) is 11.9 Å². The van der Waals surface area contributed by atoms with Gasteiger partial charge >= 0.3 is 0 Å². The second-order valence-corrected chi connectivity index (χ2v) is 4.02. The minimum Gasteiger partial charge on any atom is -0.484 e. The minimum atomic E-state index is -0.632. The Kier molecular flexibility index (Phi) is 3.39. The molecule has 4 heteroatoms. The molecule has 1 fully saturated rings. The number of para-hydroxylation sites is 1. The standard InChI is InChI=1S/C12H15F2NO/c1-2-15-8-6-9(7-8)16-12-10(13)4-3-5-11(12)14/h3-5,8-9,15H,2,6-7H2,1H3. The number of hydrogen-bond donors (Lipinski definition) is 1. The van der Waals surface area contributed by atoms with E-state index < -0.39 is 11.6 Å². The lowest BCUT2D eigenvalue weighted by Gasteiger charge is -2.35. The predicted molar refractivity (Wildman–Crippen MR) is 57.5 cm³/mol. The molecular formula is C12H15F2NO. The van der Waals surface area contributed by atoms with Crippen LogP contribution in [0.4, 0.5) is 8.78 Å². The van der Waals surface area contributed by atoms with Crippen LogP contribution in [0.3, 0.4) is 0 Å². The normalized spacial score (nSPS) is 23.9. The Balaban J connectivity index is 1.91. The zero-order valence-corrected chi connectivity index (χ0v) is 9.17. The molecule has 16 heavy (non-hydrogen) atoms. The Hall–Kier alpha value is -1.16. The van der Waals surface area contributed by atoms with Gasteiger partial charge in [-0.25, -0.2) is 8.78 Å². The zero-order chi connectivity index (χ0) is 11.5. The molecule has 0 atom stereocenters. The van der Waals surface area contributed by atoms with E-state index in [1.807, 2.05) is 6.92 Å². The molecule has 88 valence electrons. The molecule has 1 saturated carbocycles. The Morgan fingerprint density at radius 1 is 1.31 bits per heavy atom. The fourth-order valence-electron chi connectivity index (χ4n) is 1.88. The average Bonchev–Trinajstić information content (AvgIpc) is 2.19. The lowest BCUT2D eigenvalue weighted by molar-refractivity contribution is 0.0776. The van der Waals surface area contributed by atoms with Crippen LogP contribution in [-0.4, -0.2) is 18.7 Å². The molecule has 2 nitrogen and oxygen atoms in total. The van der Waals surface area contributed by atoms with Gasteiger partial charge in [-0.05, 0) is 31.5 Å². The molecule has 0 spiro atoms. The molecule has 1 aliphatic carbocycles. The first-order valence-corrected chi connectivity index (χ1v) is 5.54. The minimum absolute atomic E-state index is 0.0737. The maximum absolute atomic E-state index is 13.2. The molecule has 1 aromatic carbocycles. The van der Waals surface area contributed by atoms with Crippen molar-refractivity contribution >= 4 is 0 Å². The van der Waals surface area contributed by atoms with Gasteiger partial charge < -0.3 is 10.1 Å². The van der Waals surface area contributed by atoms with E-state index in [0.29, 0.717) is 6.04 Å². The van der Waals surface area contributed by atoms with Crippen molar-refractivity contribution in [2.75, 3.05) is 6.54 Å². The highest BCUT2D eigenvalue weighted by Gasteiger charge is 2.31. The smallest absolute Gasteiger partial charge is 0.191 e. The van der Waals surface area contributed by atoms with Crippen molar-refractivity contribution in [1.29, 1.82) is 0 Å². The summed E-state index contributed by atoms with van der Waals surface area (Å²) in [6, 6.07) is 4.17. The molecule has 1 aliphatic rings. The highest BCUT2D eigenvalue weighted by atomic mass is 19.1. The molecular weight excluding hydrogens is 212 g/mol. The summed E-state index contributed by atoms with van der Waals surface area (Å²) >= 11 is 0. The van der Waals surface area contributed by atoms with Gasteiger partial charge in [0.1, 0.15) is 6.10 Å². The van der Waals surface area contributed by atoms with Gasteiger partial charge in [0.2, 0.25) is 0 Å². The van der Waals surface area contributed by atoms with Gasteiger partial charge in [-0.15, -0.1) is 0 Å². The van der Waals surface area contributed by atoms with E-state index in [9.17, 15) is 8.78 Å². The van der Waals surface area contributed by atoms with Crippen LogP contribution in [0.5, 0.6) is 5.75 Å². The Bertz CT molecular complexity index is 344. The maximum atomic E-state index is 13.2. The monoisotopic (exact) mass is 227 g/mol. The number of halogens is 2. The van der Waals surface area contributed by atoms with Gasteiger partial charge in [0.05, 0.1) is 0 Å². The first-order chi connectivity index (χ1) is 7.70. The Morgan fingerprint density at radius 3 is 2.50 bits per heavy atom. The van der Waals surface area contributed by atoms with Crippen LogP contribution in [0.25, 0.3) is 0 Å². The summed E-state index contributed by atoms with van der Waals surface area (Å²) in [4.78, 5) is 0. The fourth-order valence-corrected chi connectivity index (χ4v) is 1.88. The van der Waals surface area contributed by atoms with E-state index in [2.05, 4.69) is 5.32 Å². The van der Waals surface area contributed by atoms with E-state index in [1.165, 1.54) is 18.2 Å². The molecule has 0 radical (unpaired) electrons. The topological polar surface area (TPSA) is 21.3 Å². The second kappa shape index (κ2) is 4.78. The van der Waals surface area contributed by atoms with Crippen LogP contribution in [0.15, 0.2) is 18.2 Å². The molecule has 1 N–H and O–H groups in total. The quantitative estimate of drug-likeness (QED) is 0.853. The zero-order valence-electron chi connectivity index (χ0n) is 9.17. The lowest BCUT2D eigenvalue weighted by Crippen LogP contribution is -2.46. The first kappa shape index (κ1) is 11.3. The van der Waals surface area contributed by atoms with Crippen molar-refractivity contribution in [3.8, 4) is 5.75 Å². The Labute approximate surface area is 93.6 Å². The molecule has 0 saturated heterocycles. The molecule has 0 aliphatic heterocycles. The van der Waals surface area contributed by atoms with E-state index in [4.69, 9.17) is 4.74 Å². The highest BCUT2D eigenvalue weighted by molar-refractivity contribution is 5.26. The molecule has 0 heterocycles. The average molecular weight is 227 g/mol. The second-order valence-electron chi connectivity index (χ2n) is 4.02. The molecule has 1 aromatic rings. The van der Waals surface area contributed by atoms with Crippen LogP contribution >= 0.6 is 0 Å². The lowest BCUT2D eigenvalue weighted by atomic mass is 9.89. The van der Waals surface area contributed by atoms with Gasteiger partial charge in [0.25, 0.3) is 0 Å². The van der Waals surface area contributed by atoms with Crippen molar-refractivity contribution in [2.24, 2.45) is 0 Å². The van der Waals surface area contributed by atoms with Gasteiger partial charge in [-0.1, -0.05) is 13.0 Å². The Morgan fingerprint density at radius 2 is 1.94 bits per heavy atom. The summed E-state index contributed by atoms with van der Waals surface area (Å²) < 4.78 is 31.8. The largest absolute Gasteiger partial charge is 0.484 e. The molecule has 0 amide bonds. The highest BCUT2D eigenvalue weighted by Crippen LogP contribution is 2.29. The summed E-state index contributed by atoms with van der Waals surface area (Å²) in [6.07, 6.45) is 1.54.